The highest BCUT2D eigenvalue weighted by Crippen LogP contribution is 2.43. The third-order valence-electron chi connectivity index (χ3n) is 6.10. The van der Waals surface area contributed by atoms with Gasteiger partial charge in [0.25, 0.3) is 5.92 Å². The molecule has 0 aliphatic carbocycles. The summed E-state index contributed by atoms with van der Waals surface area (Å²) in [6.45, 7) is 7.80. The Kier molecular flexibility index (Phi) is 5.01. The molecule has 1 spiro atoms. The highest BCUT2D eigenvalue weighted by molar-refractivity contribution is 7.89. The first-order valence-corrected chi connectivity index (χ1v) is 11.2. The summed E-state index contributed by atoms with van der Waals surface area (Å²) in [5, 5.41) is 0. The number of alkyl halides is 2. The van der Waals surface area contributed by atoms with E-state index >= 15 is 0 Å². The van der Waals surface area contributed by atoms with Crippen molar-refractivity contribution in [3.8, 4) is 0 Å². The van der Waals surface area contributed by atoms with Crippen LogP contribution in [-0.2, 0) is 20.7 Å². The van der Waals surface area contributed by atoms with Crippen molar-refractivity contribution in [3.05, 3.63) is 23.5 Å². The van der Waals surface area contributed by atoms with E-state index in [-0.39, 0.29) is 16.0 Å². The van der Waals surface area contributed by atoms with Crippen molar-refractivity contribution in [1.82, 2.24) is 14.2 Å². The maximum absolute atomic E-state index is 13.4. The first-order valence-electron chi connectivity index (χ1n) is 9.75. The molecule has 1 aromatic heterocycles. The summed E-state index contributed by atoms with van der Waals surface area (Å²) in [7, 11) is -3.70. The van der Waals surface area contributed by atoms with Gasteiger partial charge in [-0.25, -0.2) is 8.42 Å². The van der Waals surface area contributed by atoms with Crippen molar-refractivity contribution in [2.75, 3.05) is 45.9 Å². The Bertz CT molecular complexity index is 836. The number of pyridine rings is 1. The molecule has 156 valence electrons. The summed E-state index contributed by atoms with van der Waals surface area (Å²) >= 11 is 0. The minimum absolute atomic E-state index is 0.0220. The van der Waals surface area contributed by atoms with Gasteiger partial charge in [-0.05, 0) is 37.8 Å². The van der Waals surface area contributed by atoms with Crippen LogP contribution in [0, 0.1) is 18.3 Å². The molecule has 0 saturated carbocycles. The molecule has 3 aliphatic heterocycles. The normalized spacial score (nSPS) is 24.1. The first-order chi connectivity index (χ1) is 13.1. The van der Waals surface area contributed by atoms with Gasteiger partial charge >= 0.3 is 0 Å². The molecule has 0 N–H and O–H groups in total. The van der Waals surface area contributed by atoms with Gasteiger partial charge in [0.15, 0.2) is 0 Å². The summed E-state index contributed by atoms with van der Waals surface area (Å²) in [6, 6.07) is 2.36. The van der Waals surface area contributed by atoms with Crippen LogP contribution in [-0.4, -0.2) is 68.5 Å². The van der Waals surface area contributed by atoms with E-state index in [1.807, 2.05) is 0 Å². The standard InChI is InChI=1S/C19H27F2N3O3S/c1-14-16(3-4-17(22-14)18(2,20)21)28(25,26)24-12-19(13-24)10-23(11-19)9-15-5-7-27-8-6-15/h3-4,15H,5-13H2,1-2H3. The molecule has 0 amide bonds. The molecule has 3 aliphatic rings. The molecular formula is C19H27F2N3O3S. The summed E-state index contributed by atoms with van der Waals surface area (Å²) in [4.78, 5) is 6.25. The number of likely N-dealkylation sites (tertiary alicyclic amines) is 1. The molecule has 6 nitrogen and oxygen atoms in total. The lowest BCUT2D eigenvalue weighted by Gasteiger charge is -2.60. The van der Waals surface area contributed by atoms with Crippen molar-refractivity contribution in [2.45, 2.75) is 37.5 Å². The molecule has 0 unspecified atom stereocenters. The Morgan fingerprint density at radius 1 is 1.21 bits per heavy atom. The maximum Gasteiger partial charge on any atom is 0.286 e. The van der Waals surface area contributed by atoms with Gasteiger partial charge in [0.05, 0.1) is 5.69 Å². The SMILES string of the molecule is Cc1nc(C(C)(F)F)ccc1S(=O)(=O)N1CC2(CN(CC3CCOCC3)C2)C1. The molecular weight excluding hydrogens is 388 g/mol. The van der Waals surface area contributed by atoms with Crippen molar-refractivity contribution < 1.29 is 21.9 Å². The third-order valence-corrected chi connectivity index (χ3v) is 8.03. The summed E-state index contributed by atoms with van der Waals surface area (Å²) in [5.74, 6) is -2.41. The zero-order valence-electron chi connectivity index (χ0n) is 16.3. The van der Waals surface area contributed by atoms with Crippen molar-refractivity contribution >= 4 is 10.0 Å². The highest BCUT2D eigenvalue weighted by atomic mass is 32.2. The molecule has 0 atom stereocenters. The number of sulfonamides is 1. The fourth-order valence-electron chi connectivity index (χ4n) is 4.60. The molecule has 9 heteroatoms. The third kappa shape index (κ3) is 3.69. The minimum Gasteiger partial charge on any atom is -0.381 e. The number of ether oxygens (including phenoxy) is 1. The quantitative estimate of drug-likeness (QED) is 0.738. The molecule has 28 heavy (non-hydrogen) atoms. The smallest absolute Gasteiger partial charge is 0.286 e. The first kappa shape index (κ1) is 20.1. The molecule has 4 rings (SSSR count). The van der Waals surface area contributed by atoms with E-state index in [2.05, 4.69) is 9.88 Å². The Morgan fingerprint density at radius 2 is 1.86 bits per heavy atom. The van der Waals surface area contributed by atoms with E-state index in [4.69, 9.17) is 4.74 Å². The Hall–Kier alpha value is -1.16. The summed E-state index contributed by atoms with van der Waals surface area (Å²) < 4.78 is 59.5. The second-order valence-corrected chi connectivity index (χ2v) is 10.6. The zero-order valence-corrected chi connectivity index (χ0v) is 17.1. The van der Waals surface area contributed by atoms with Crippen molar-refractivity contribution in [1.29, 1.82) is 0 Å². The van der Waals surface area contributed by atoms with Gasteiger partial charge < -0.3 is 9.64 Å². The average molecular weight is 416 g/mol. The van der Waals surface area contributed by atoms with Crippen LogP contribution in [0.15, 0.2) is 17.0 Å². The summed E-state index contributed by atoms with van der Waals surface area (Å²) in [6.07, 6.45) is 2.20. The monoisotopic (exact) mass is 415 g/mol. The number of rotatable bonds is 5. The topological polar surface area (TPSA) is 62.7 Å². The van der Waals surface area contributed by atoms with Crippen LogP contribution in [0.1, 0.15) is 31.2 Å². The van der Waals surface area contributed by atoms with Crippen LogP contribution in [0.4, 0.5) is 8.78 Å². The van der Waals surface area contributed by atoms with Gasteiger partial charge in [0.1, 0.15) is 10.6 Å². The largest absolute Gasteiger partial charge is 0.381 e. The lowest BCUT2D eigenvalue weighted by molar-refractivity contribution is -0.0912. The zero-order chi connectivity index (χ0) is 20.2. The van der Waals surface area contributed by atoms with E-state index in [0.29, 0.717) is 19.0 Å². The Labute approximate surface area is 164 Å². The summed E-state index contributed by atoms with van der Waals surface area (Å²) in [5.41, 5.74) is -0.239. The van der Waals surface area contributed by atoms with Gasteiger partial charge in [-0.1, -0.05) is 0 Å². The average Bonchev–Trinajstić information content (AvgIpc) is 2.55. The number of aromatic nitrogens is 1. The van der Waals surface area contributed by atoms with Crippen LogP contribution >= 0.6 is 0 Å². The van der Waals surface area contributed by atoms with Crippen LogP contribution in [0.5, 0.6) is 0 Å². The van der Waals surface area contributed by atoms with Gasteiger partial charge in [-0.15, -0.1) is 0 Å². The molecule has 4 heterocycles. The van der Waals surface area contributed by atoms with Gasteiger partial charge in [0, 0.05) is 58.3 Å². The van der Waals surface area contributed by atoms with Gasteiger partial charge in [-0.3, -0.25) is 4.98 Å². The predicted octanol–water partition coefficient (Wildman–Crippen LogP) is 2.23. The van der Waals surface area contributed by atoms with Gasteiger partial charge in [-0.2, -0.15) is 13.1 Å². The lowest BCUT2D eigenvalue weighted by Crippen LogP contribution is -2.73. The molecule has 0 bridgehead atoms. The van der Waals surface area contributed by atoms with E-state index in [1.54, 1.807) is 0 Å². The second kappa shape index (κ2) is 6.97. The molecule has 0 aromatic carbocycles. The van der Waals surface area contributed by atoms with Crippen molar-refractivity contribution in [3.63, 3.8) is 0 Å². The van der Waals surface area contributed by atoms with E-state index in [9.17, 15) is 17.2 Å². The number of nitrogens with zero attached hydrogens (tertiary/aromatic N) is 3. The number of halogens is 2. The van der Waals surface area contributed by atoms with E-state index in [1.165, 1.54) is 17.3 Å². The molecule has 3 fully saturated rings. The van der Waals surface area contributed by atoms with Gasteiger partial charge in [0.2, 0.25) is 10.0 Å². The van der Waals surface area contributed by atoms with Crippen LogP contribution < -0.4 is 0 Å². The fraction of sp³-hybridized carbons (Fsp3) is 0.737. The van der Waals surface area contributed by atoms with Crippen LogP contribution in [0.3, 0.4) is 0 Å². The molecule has 0 radical (unpaired) electrons. The number of aryl methyl sites for hydroxylation is 1. The predicted molar refractivity (Wildman–Crippen MR) is 99.7 cm³/mol. The maximum atomic E-state index is 13.4. The second-order valence-electron chi connectivity index (χ2n) is 8.67. The minimum atomic E-state index is -3.70. The lowest BCUT2D eigenvalue weighted by atomic mass is 9.74. The van der Waals surface area contributed by atoms with E-state index in [0.717, 1.165) is 58.7 Å². The van der Waals surface area contributed by atoms with E-state index < -0.39 is 21.6 Å². The number of hydrogen-bond donors (Lipinski definition) is 0. The Morgan fingerprint density at radius 3 is 2.43 bits per heavy atom. The number of hydrogen-bond acceptors (Lipinski definition) is 5. The molecule has 1 aromatic rings. The highest BCUT2D eigenvalue weighted by Gasteiger charge is 2.55. The molecule has 3 saturated heterocycles. The van der Waals surface area contributed by atoms with Crippen molar-refractivity contribution in [2.24, 2.45) is 11.3 Å². The van der Waals surface area contributed by atoms with Crippen LogP contribution in [0.25, 0.3) is 0 Å². The fourth-order valence-corrected chi connectivity index (χ4v) is 6.43. The van der Waals surface area contributed by atoms with Crippen LogP contribution in [0.2, 0.25) is 0 Å². The Balaban J connectivity index is 1.35.